The fourth-order valence-electron chi connectivity index (χ4n) is 3.81. The predicted molar refractivity (Wildman–Crippen MR) is 146 cm³/mol. The van der Waals surface area contributed by atoms with Gasteiger partial charge in [0.1, 0.15) is 24.3 Å². The first-order valence-electron chi connectivity index (χ1n) is 12.1. The summed E-state index contributed by atoms with van der Waals surface area (Å²) in [7, 11) is 0. The van der Waals surface area contributed by atoms with E-state index in [4.69, 9.17) is 9.47 Å². The molecule has 38 heavy (non-hydrogen) atoms. The van der Waals surface area contributed by atoms with Crippen molar-refractivity contribution in [1.82, 2.24) is 15.0 Å². The topological polar surface area (TPSA) is 97.1 Å². The highest BCUT2D eigenvalue weighted by Crippen LogP contribution is 2.14. The van der Waals surface area contributed by atoms with Crippen LogP contribution in [0.3, 0.4) is 0 Å². The number of pyridine rings is 1. The van der Waals surface area contributed by atoms with Crippen molar-refractivity contribution in [3.8, 4) is 5.75 Å². The molecule has 0 bridgehead atoms. The predicted octanol–water partition coefficient (Wildman–Crippen LogP) is 3.24. The van der Waals surface area contributed by atoms with Crippen molar-refractivity contribution in [2.45, 2.75) is 13.2 Å². The molecule has 0 aliphatic carbocycles. The lowest BCUT2D eigenvalue weighted by Gasteiger charge is -2.10. The van der Waals surface area contributed by atoms with Gasteiger partial charge in [-0.2, -0.15) is 0 Å². The zero-order valence-electron chi connectivity index (χ0n) is 20.5. The summed E-state index contributed by atoms with van der Waals surface area (Å²) in [6.07, 6.45) is 3.09. The first-order chi connectivity index (χ1) is 18.7. The summed E-state index contributed by atoms with van der Waals surface area (Å²) >= 11 is 0. The molecule has 188 valence electrons. The van der Waals surface area contributed by atoms with Gasteiger partial charge in [-0.05, 0) is 29.3 Å². The lowest BCUT2D eigenvalue weighted by molar-refractivity contribution is 0.261. The van der Waals surface area contributed by atoms with Crippen molar-refractivity contribution in [2.75, 3.05) is 0 Å². The van der Waals surface area contributed by atoms with Crippen LogP contribution < -0.4 is 26.6 Å². The fraction of sp³-hybridized carbons (Fsp3) is 0.0645. The van der Waals surface area contributed by atoms with Crippen molar-refractivity contribution in [3.05, 3.63) is 163 Å². The van der Waals surface area contributed by atoms with Crippen LogP contribution >= 0.6 is 0 Å². The SMILES string of the molecule is O=c1[nH]c(=C(OCc2ccccc2)c2ccccc2)c(=O)[nH]c1=Cc1ccc(OCc2ccccc2)cn1. The van der Waals surface area contributed by atoms with Crippen LogP contribution in [-0.4, -0.2) is 15.0 Å². The second-order valence-electron chi connectivity index (χ2n) is 8.50. The van der Waals surface area contributed by atoms with Gasteiger partial charge in [0.05, 0.1) is 11.9 Å². The van der Waals surface area contributed by atoms with E-state index in [1.54, 1.807) is 18.3 Å². The first kappa shape index (κ1) is 24.5. The number of nitrogens with zero attached hydrogens (tertiary/aromatic N) is 1. The van der Waals surface area contributed by atoms with Crippen molar-refractivity contribution >= 4 is 11.8 Å². The molecule has 5 aromatic rings. The Hall–Kier alpha value is -5.17. The van der Waals surface area contributed by atoms with Crippen LogP contribution in [0.15, 0.2) is 119 Å². The molecule has 2 heterocycles. The molecule has 0 amide bonds. The Morgan fingerprint density at radius 3 is 1.97 bits per heavy atom. The van der Waals surface area contributed by atoms with E-state index in [0.717, 1.165) is 11.1 Å². The Balaban J connectivity index is 1.44. The Morgan fingerprint density at radius 1 is 0.711 bits per heavy atom. The molecule has 0 aliphatic rings. The molecule has 0 atom stereocenters. The van der Waals surface area contributed by atoms with Crippen LogP contribution in [0.2, 0.25) is 0 Å². The smallest absolute Gasteiger partial charge is 0.276 e. The molecular formula is C31H25N3O4. The molecule has 3 aromatic carbocycles. The Kier molecular flexibility index (Phi) is 7.56. The standard InChI is InChI=1S/C31H25N3O4/c35-30-27(18-25-16-17-26(19-32-25)37-20-22-10-4-1-5-11-22)33-31(36)28(34-30)29(24-14-8-3-9-15-24)38-21-23-12-6-2-7-13-23/h1-19H,20-21H2,(H,33,36)(H,34,35). The summed E-state index contributed by atoms with van der Waals surface area (Å²) in [4.78, 5) is 35.8. The summed E-state index contributed by atoms with van der Waals surface area (Å²) in [5.74, 6) is 0.888. The maximum Gasteiger partial charge on any atom is 0.276 e. The van der Waals surface area contributed by atoms with Gasteiger partial charge in [-0.3, -0.25) is 14.6 Å². The molecule has 0 saturated heterocycles. The first-order valence-corrected chi connectivity index (χ1v) is 12.1. The lowest BCUT2D eigenvalue weighted by atomic mass is 10.1. The third kappa shape index (κ3) is 6.14. The molecule has 5 rings (SSSR count). The maximum absolute atomic E-state index is 13.1. The fourth-order valence-corrected chi connectivity index (χ4v) is 3.81. The number of aromatic nitrogens is 3. The van der Waals surface area contributed by atoms with Crippen LogP contribution in [-0.2, 0) is 18.0 Å². The molecule has 0 saturated carbocycles. The van der Waals surface area contributed by atoms with Crippen LogP contribution in [0.4, 0.5) is 0 Å². The van der Waals surface area contributed by atoms with Gasteiger partial charge < -0.3 is 19.4 Å². The highest BCUT2D eigenvalue weighted by Gasteiger charge is 2.09. The Labute approximate surface area is 218 Å². The van der Waals surface area contributed by atoms with Gasteiger partial charge in [-0.1, -0.05) is 91.0 Å². The van der Waals surface area contributed by atoms with Crippen LogP contribution in [0.1, 0.15) is 22.4 Å². The van der Waals surface area contributed by atoms with Crippen LogP contribution in [0.25, 0.3) is 11.8 Å². The largest absolute Gasteiger partial charge is 0.487 e. The summed E-state index contributed by atoms with van der Waals surface area (Å²) in [6, 6.07) is 32.1. The Morgan fingerprint density at radius 2 is 1.34 bits per heavy atom. The maximum atomic E-state index is 13.1. The third-order valence-electron chi connectivity index (χ3n) is 5.75. The van der Waals surface area contributed by atoms with E-state index in [0.29, 0.717) is 23.6 Å². The minimum Gasteiger partial charge on any atom is -0.487 e. The van der Waals surface area contributed by atoms with Gasteiger partial charge in [0.25, 0.3) is 11.1 Å². The molecule has 7 nitrogen and oxygen atoms in total. The van der Waals surface area contributed by atoms with Gasteiger partial charge in [0.2, 0.25) is 0 Å². The summed E-state index contributed by atoms with van der Waals surface area (Å²) < 4.78 is 11.8. The number of hydrogen-bond acceptors (Lipinski definition) is 5. The van der Waals surface area contributed by atoms with E-state index in [-0.39, 0.29) is 23.1 Å². The minimum atomic E-state index is -0.481. The third-order valence-corrected chi connectivity index (χ3v) is 5.75. The molecular weight excluding hydrogens is 478 g/mol. The highest BCUT2D eigenvalue weighted by molar-refractivity contribution is 5.58. The van der Waals surface area contributed by atoms with E-state index in [9.17, 15) is 9.59 Å². The van der Waals surface area contributed by atoms with Crippen molar-refractivity contribution in [2.24, 2.45) is 0 Å². The lowest BCUT2D eigenvalue weighted by Crippen LogP contribution is -2.48. The van der Waals surface area contributed by atoms with Crippen LogP contribution in [0.5, 0.6) is 5.75 Å². The number of benzene rings is 3. The van der Waals surface area contributed by atoms with Gasteiger partial charge >= 0.3 is 0 Å². The molecule has 0 unspecified atom stereocenters. The number of ether oxygens (including phenoxy) is 2. The number of rotatable bonds is 8. The number of nitrogens with one attached hydrogen (secondary N) is 2. The summed E-state index contributed by atoms with van der Waals surface area (Å²) in [5, 5.41) is 0.131. The van der Waals surface area contributed by atoms with E-state index in [1.807, 2.05) is 91.0 Å². The Bertz CT molecular complexity index is 1730. The van der Waals surface area contributed by atoms with Crippen molar-refractivity contribution in [3.63, 3.8) is 0 Å². The number of hydrogen-bond donors (Lipinski definition) is 2. The van der Waals surface area contributed by atoms with Gasteiger partial charge in [0, 0.05) is 5.56 Å². The van der Waals surface area contributed by atoms with E-state index in [2.05, 4.69) is 15.0 Å². The summed E-state index contributed by atoms with van der Waals surface area (Å²) in [5.41, 5.74) is 2.21. The normalized spacial score (nSPS) is 12.2. The quantitative estimate of drug-likeness (QED) is 0.339. The zero-order valence-corrected chi connectivity index (χ0v) is 20.5. The monoisotopic (exact) mass is 503 g/mol. The average molecular weight is 504 g/mol. The second kappa shape index (κ2) is 11.7. The van der Waals surface area contributed by atoms with E-state index in [1.165, 1.54) is 6.08 Å². The molecule has 0 spiro atoms. The molecule has 2 aromatic heterocycles. The molecule has 7 heteroatoms. The second-order valence-corrected chi connectivity index (χ2v) is 8.50. The molecule has 0 radical (unpaired) electrons. The molecule has 0 aliphatic heterocycles. The number of aromatic amines is 2. The van der Waals surface area contributed by atoms with Gasteiger partial charge in [-0.15, -0.1) is 0 Å². The molecule has 0 fully saturated rings. The zero-order chi connectivity index (χ0) is 26.2. The average Bonchev–Trinajstić information content (AvgIpc) is 2.97. The number of H-pyrrole nitrogens is 2. The van der Waals surface area contributed by atoms with E-state index >= 15 is 0 Å². The van der Waals surface area contributed by atoms with Crippen LogP contribution in [0, 0.1) is 0 Å². The van der Waals surface area contributed by atoms with Gasteiger partial charge in [0.15, 0.2) is 11.1 Å². The minimum absolute atomic E-state index is 0.0481. The van der Waals surface area contributed by atoms with Crippen molar-refractivity contribution < 1.29 is 9.47 Å². The van der Waals surface area contributed by atoms with E-state index < -0.39 is 11.1 Å². The summed E-state index contributed by atoms with van der Waals surface area (Å²) in [6.45, 7) is 0.662. The van der Waals surface area contributed by atoms with Gasteiger partial charge in [-0.25, -0.2) is 0 Å². The van der Waals surface area contributed by atoms with Crippen molar-refractivity contribution in [1.29, 1.82) is 0 Å². The molecule has 2 N–H and O–H groups in total. The highest BCUT2D eigenvalue weighted by atomic mass is 16.5.